The molecule has 0 spiro atoms. The summed E-state index contributed by atoms with van der Waals surface area (Å²) in [4.78, 5) is 3.77. The topological polar surface area (TPSA) is 66.1 Å². The summed E-state index contributed by atoms with van der Waals surface area (Å²) < 4.78 is 32.0. The van der Waals surface area contributed by atoms with Gasteiger partial charge in [-0.1, -0.05) is 0 Å². The zero-order valence-electron chi connectivity index (χ0n) is 9.82. The second-order valence-electron chi connectivity index (χ2n) is 3.67. The van der Waals surface area contributed by atoms with Crippen molar-refractivity contribution < 1.29 is 18.6 Å². The van der Waals surface area contributed by atoms with Gasteiger partial charge in [-0.15, -0.1) is 0 Å². The number of nitriles is 1. The van der Waals surface area contributed by atoms with E-state index in [4.69, 9.17) is 5.26 Å². The van der Waals surface area contributed by atoms with Gasteiger partial charge in [0, 0.05) is 11.6 Å². The zero-order valence-corrected chi connectivity index (χ0v) is 9.82. The van der Waals surface area contributed by atoms with Gasteiger partial charge in [0.25, 0.3) is 0 Å². The Kier molecular flexibility index (Phi) is 3.29. The average Bonchev–Trinajstić information content (AvgIpc) is 2.41. The van der Waals surface area contributed by atoms with Crippen molar-refractivity contribution in [3.8, 4) is 28.8 Å². The molecular weight excluding hydrogens is 254 g/mol. The van der Waals surface area contributed by atoms with E-state index >= 15 is 0 Å². The van der Waals surface area contributed by atoms with Crippen LogP contribution in [0.25, 0.3) is 11.3 Å². The van der Waals surface area contributed by atoms with Crippen LogP contribution in [0.15, 0.2) is 24.4 Å². The highest BCUT2D eigenvalue weighted by Crippen LogP contribution is 2.29. The summed E-state index contributed by atoms with van der Waals surface area (Å²) in [5.74, 6) is -2.02. The zero-order chi connectivity index (χ0) is 14.0. The van der Waals surface area contributed by atoms with Gasteiger partial charge in [-0.05, 0) is 12.1 Å². The van der Waals surface area contributed by atoms with Crippen LogP contribution >= 0.6 is 0 Å². The van der Waals surface area contributed by atoms with E-state index in [1.54, 1.807) is 6.07 Å². The number of hydrogen-bond acceptors (Lipinski definition) is 4. The molecule has 2 aromatic rings. The van der Waals surface area contributed by atoms with E-state index in [9.17, 15) is 13.9 Å². The molecule has 1 N–H and O–H groups in total. The van der Waals surface area contributed by atoms with E-state index < -0.39 is 11.6 Å². The SMILES string of the molecule is COc1cc(F)c(-c2cc(C#N)c(O)cn2)cc1F. The predicted octanol–water partition coefficient (Wildman–Crippen LogP) is 2.61. The molecule has 96 valence electrons. The molecule has 1 aromatic heterocycles. The number of benzene rings is 1. The molecule has 4 nitrogen and oxygen atoms in total. The Labute approximate surface area is 107 Å². The molecular formula is C13H8F2N2O2. The number of halogens is 2. The van der Waals surface area contributed by atoms with E-state index in [0.717, 1.165) is 18.3 Å². The highest BCUT2D eigenvalue weighted by Gasteiger charge is 2.14. The van der Waals surface area contributed by atoms with Gasteiger partial charge in [-0.2, -0.15) is 5.26 Å². The van der Waals surface area contributed by atoms with Crippen molar-refractivity contribution in [3.63, 3.8) is 0 Å². The Morgan fingerprint density at radius 3 is 2.63 bits per heavy atom. The average molecular weight is 262 g/mol. The fourth-order valence-electron chi connectivity index (χ4n) is 1.57. The first-order chi connectivity index (χ1) is 9.06. The van der Waals surface area contributed by atoms with E-state index in [2.05, 4.69) is 9.72 Å². The summed E-state index contributed by atoms with van der Waals surface area (Å²) in [6.45, 7) is 0. The van der Waals surface area contributed by atoms with Crippen LogP contribution in [0.5, 0.6) is 11.5 Å². The van der Waals surface area contributed by atoms with Gasteiger partial charge < -0.3 is 9.84 Å². The second kappa shape index (κ2) is 4.90. The van der Waals surface area contributed by atoms with Crippen LogP contribution in [-0.4, -0.2) is 17.2 Å². The van der Waals surface area contributed by atoms with Gasteiger partial charge >= 0.3 is 0 Å². The molecule has 0 aliphatic heterocycles. The Morgan fingerprint density at radius 1 is 1.26 bits per heavy atom. The Balaban J connectivity index is 2.60. The number of pyridine rings is 1. The second-order valence-corrected chi connectivity index (χ2v) is 3.67. The molecule has 1 aromatic carbocycles. The third kappa shape index (κ3) is 2.31. The fraction of sp³-hybridized carbons (Fsp3) is 0.0769. The molecule has 0 atom stereocenters. The summed E-state index contributed by atoms with van der Waals surface area (Å²) in [5.41, 5.74) is -0.135. The number of hydrogen-bond donors (Lipinski definition) is 1. The first-order valence-corrected chi connectivity index (χ1v) is 5.19. The van der Waals surface area contributed by atoms with Crippen molar-refractivity contribution in [2.45, 2.75) is 0 Å². The molecule has 0 unspecified atom stereocenters. The van der Waals surface area contributed by atoms with Gasteiger partial charge in [0.05, 0.1) is 24.6 Å². The number of aromatic nitrogens is 1. The first-order valence-electron chi connectivity index (χ1n) is 5.19. The molecule has 0 bridgehead atoms. The van der Waals surface area contributed by atoms with Crippen molar-refractivity contribution >= 4 is 0 Å². The summed E-state index contributed by atoms with van der Waals surface area (Å²) in [5, 5.41) is 18.1. The summed E-state index contributed by atoms with van der Waals surface area (Å²) in [6.07, 6.45) is 1.01. The van der Waals surface area contributed by atoms with Crippen LogP contribution in [-0.2, 0) is 0 Å². The van der Waals surface area contributed by atoms with Crippen LogP contribution in [0.4, 0.5) is 8.78 Å². The molecule has 0 fully saturated rings. The molecule has 0 aliphatic rings. The Hall–Kier alpha value is -2.68. The molecule has 19 heavy (non-hydrogen) atoms. The maximum atomic E-state index is 13.8. The quantitative estimate of drug-likeness (QED) is 0.903. The lowest BCUT2D eigenvalue weighted by atomic mass is 10.1. The van der Waals surface area contributed by atoms with Crippen molar-refractivity contribution in [1.29, 1.82) is 5.26 Å². The van der Waals surface area contributed by atoms with Crippen molar-refractivity contribution in [2.75, 3.05) is 7.11 Å². The van der Waals surface area contributed by atoms with Crippen molar-refractivity contribution in [2.24, 2.45) is 0 Å². The Morgan fingerprint density at radius 2 is 2.00 bits per heavy atom. The number of aromatic hydroxyl groups is 1. The van der Waals surface area contributed by atoms with Gasteiger partial charge in [-0.25, -0.2) is 8.78 Å². The van der Waals surface area contributed by atoms with Gasteiger partial charge in [0.15, 0.2) is 17.3 Å². The van der Waals surface area contributed by atoms with Crippen molar-refractivity contribution in [3.05, 3.63) is 41.6 Å². The molecule has 0 aliphatic carbocycles. The van der Waals surface area contributed by atoms with Gasteiger partial charge in [0.2, 0.25) is 0 Å². The molecule has 0 amide bonds. The molecule has 0 saturated heterocycles. The standard InChI is InChI=1S/C13H8F2N2O2/c1-19-13-4-9(14)8(3-10(13)15)11-2-7(5-16)12(18)6-17-11/h2-4,6,18H,1H3. The lowest BCUT2D eigenvalue weighted by molar-refractivity contribution is 0.383. The normalized spacial score (nSPS) is 10.0. The number of methoxy groups -OCH3 is 1. The number of rotatable bonds is 2. The minimum Gasteiger partial charge on any atom is -0.505 e. The van der Waals surface area contributed by atoms with E-state index in [-0.39, 0.29) is 28.3 Å². The minimum absolute atomic E-state index is 0.0494. The van der Waals surface area contributed by atoms with E-state index in [1.165, 1.54) is 13.2 Å². The molecule has 0 saturated carbocycles. The minimum atomic E-state index is -0.743. The lowest BCUT2D eigenvalue weighted by Crippen LogP contribution is -1.94. The van der Waals surface area contributed by atoms with Crippen LogP contribution in [0.3, 0.4) is 0 Å². The fourth-order valence-corrected chi connectivity index (χ4v) is 1.57. The molecule has 1 heterocycles. The van der Waals surface area contributed by atoms with Gasteiger partial charge in [-0.3, -0.25) is 4.98 Å². The molecule has 0 radical (unpaired) electrons. The Bertz CT molecular complexity index is 681. The van der Waals surface area contributed by atoms with Crippen LogP contribution < -0.4 is 4.74 Å². The molecule has 6 heteroatoms. The third-order valence-corrected chi connectivity index (χ3v) is 2.52. The van der Waals surface area contributed by atoms with Gasteiger partial charge in [0.1, 0.15) is 11.9 Å². The predicted molar refractivity (Wildman–Crippen MR) is 62.5 cm³/mol. The smallest absolute Gasteiger partial charge is 0.165 e. The third-order valence-electron chi connectivity index (χ3n) is 2.52. The first kappa shape index (κ1) is 12.8. The van der Waals surface area contributed by atoms with Crippen LogP contribution in [0.2, 0.25) is 0 Å². The highest BCUT2D eigenvalue weighted by molar-refractivity contribution is 5.64. The van der Waals surface area contributed by atoms with Crippen LogP contribution in [0.1, 0.15) is 5.56 Å². The maximum Gasteiger partial charge on any atom is 0.165 e. The number of nitrogens with zero attached hydrogens (tertiary/aromatic N) is 2. The highest BCUT2D eigenvalue weighted by atomic mass is 19.1. The summed E-state index contributed by atoms with van der Waals surface area (Å²) in [7, 11) is 1.23. The maximum absolute atomic E-state index is 13.8. The molecule has 2 rings (SSSR count). The van der Waals surface area contributed by atoms with E-state index in [1.807, 2.05) is 0 Å². The summed E-state index contributed by atoms with van der Waals surface area (Å²) in [6, 6.07) is 4.73. The summed E-state index contributed by atoms with van der Waals surface area (Å²) >= 11 is 0. The monoisotopic (exact) mass is 262 g/mol. The number of ether oxygens (including phenoxy) is 1. The lowest BCUT2D eigenvalue weighted by Gasteiger charge is -2.07. The largest absolute Gasteiger partial charge is 0.505 e. The van der Waals surface area contributed by atoms with Crippen molar-refractivity contribution in [1.82, 2.24) is 4.98 Å². The van der Waals surface area contributed by atoms with Crippen LogP contribution in [0, 0.1) is 23.0 Å². The van der Waals surface area contributed by atoms with E-state index in [0.29, 0.717) is 0 Å².